The predicted molar refractivity (Wildman–Crippen MR) is 129 cm³/mol. The monoisotopic (exact) mass is 431 g/mol. The summed E-state index contributed by atoms with van der Waals surface area (Å²) in [6.45, 7) is 4.55. The summed E-state index contributed by atoms with van der Waals surface area (Å²) in [6.07, 6.45) is -0.543. The second-order valence-corrected chi connectivity index (χ2v) is 8.30. The minimum absolute atomic E-state index is 0.273. The van der Waals surface area contributed by atoms with Crippen molar-refractivity contribution in [3.8, 4) is 11.5 Å². The van der Waals surface area contributed by atoms with Gasteiger partial charge in [-0.1, -0.05) is 30.3 Å². The van der Waals surface area contributed by atoms with Gasteiger partial charge in [0.1, 0.15) is 24.2 Å². The first-order valence-electron chi connectivity index (χ1n) is 11.1. The molecule has 1 aromatic heterocycles. The molecule has 6 heteroatoms. The Morgan fingerprint density at radius 2 is 1.72 bits per heavy atom. The molecule has 166 valence electrons. The molecule has 1 aliphatic heterocycles. The Labute approximate surface area is 188 Å². The highest BCUT2D eigenvalue weighted by Crippen LogP contribution is 2.33. The third-order valence-electron chi connectivity index (χ3n) is 6.18. The lowest BCUT2D eigenvalue weighted by Crippen LogP contribution is -2.49. The molecule has 4 aromatic rings. The largest absolute Gasteiger partial charge is 0.497 e. The number of anilines is 1. The molecule has 0 aliphatic carbocycles. The molecule has 0 saturated carbocycles. The number of H-pyrrole nitrogens is 1. The van der Waals surface area contributed by atoms with E-state index in [2.05, 4.69) is 45.1 Å². The van der Waals surface area contributed by atoms with Gasteiger partial charge in [-0.25, -0.2) is 0 Å². The molecule has 2 heterocycles. The van der Waals surface area contributed by atoms with E-state index in [1.165, 1.54) is 5.69 Å². The molecular formula is C26H29N3O3. The average molecular weight is 432 g/mol. The Morgan fingerprint density at radius 3 is 2.56 bits per heavy atom. The van der Waals surface area contributed by atoms with Crippen LogP contribution in [0.25, 0.3) is 21.8 Å². The molecule has 1 fully saturated rings. The lowest BCUT2D eigenvalue weighted by atomic mass is 10.1. The summed E-state index contributed by atoms with van der Waals surface area (Å²) in [6, 6.07) is 22.4. The van der Waals surface area contributed by atoms with Gasteiger partial charge in [-0.3, -0.25) is 4.90 Å². The number of fused-ring (bicyclic) bond motifs is 3. The van der Waals surface area contributed by atoms with Crippen LogP contribution in [0.2, 0.25) is 0 Å². The molecular weight excluding hydrogens is 402 g/mol. The lowest BCUT2D eigenvalue weighted by Gasteiger charge is -2.37. The predicted octanol–water partition coefficient (Wildman–Crippen LogP) is 3.89. The van der Waals surface area contributed by atoms with Gasteiger partial charge in [0, 0.05) is 60.8 Å². The van der Waals surface area contributed by atoms with Gasteiger partial charge in [0.05, 0.1) is 12.6 Å². The van der Waals surface area contributed by atoms with E-state index in [1.807, 2.05) is 36.4 Å². The van der Waals surface area contributed by atoms with Crippen LogP contribution in [0.5, 0.6) is 11.5 Å². The lowest BCUT2D eigenvalue weighted by molar-refractivity contribution is 0.0668. The Hall–Kier alpha value is -3.22. The fourth-order valence-corrected chi connectivity index (χ4v) is 4.52. The van der Waals surface area contributed by atoms with Crippen LogP contribution in [0.3, 0.4) is 0 Å². The molecule has 1 atom stereocenters. The normalized spacial score (nSPS) is 15.9. The number of aliphatic hydroxyl groups excluding tert-OH is 1. The Bertz CT molecular complexity index is 1200. The van der Waals surface area contributed by atoms with Crippen molar-refractivity contribution in [2.75, 3.05) is 51.3 Å². The SMILES string of the molecule is COc1cccc(N2CCN(CC(O)COc3cccc4[nH]c5ccccc5c34)CC2)c1. The number of piperazine rings is 1. The number of hydrogen-bond acceptors (Lipinski definition) is 5. The molecule has 0 bridgehead atoms. The van der Waals surface area contributed by atoms with Crippen molar-refractivity contribution in [1.82, 2.24) is 9.88 Å². The molecule has 1 aliphatic rings. The number of methoxy groups -OCH3 is 1. The van der Waals surface area contributed by atoms with E-state index in [4.69, 9.17) is 9.47 Å². The maximum Gasteiger partial charge on any atom is 0.129 e. The number of ether oxygens (including phenoxy) is 2. The third-order valence-corrected chi connectivity index (χ3v) is 6.18. The number of aromatic amines is 1. The Kier molecular flexibility index (Phi) is 5.88. The first-order chi connectivity index (χ1) is 15.7. The van der Waals surface area contributed by atoms with Gasteiger partial charge in [-0.2, -0.15) is 0 Å². The summed E-state index contributed by atoms with van der Waals surface area (Å²) in [5.74, 6) is 1.68. The second kappa shape index (κ2) is 9.10. The zero-order valence-corrected chi connectivity index (χ0v) is 18.3. The van der Waals surface area contributed by atoms with Crippen molar-refractivity contribution < 1.29 is 14.6 Å². The van der Waals surface area contributed by atoms with E-state index in [1.54, 1.807) is 7.11 Å². The number of β-amino-alcohol motifs (C(OH)–C–C–N with tert-alkyl or cyclic N) is 1. The molecule has 3 aromatic carbocycles. The first-order valence-corrected chi connectivity index (χ1v) is 11.1. The number of rotatable bonds is 7. The summed E-state index contributed by atoms with van der Waals surface area (Å²) in [5, 5.41) is 12.9. The maximum atomic E-state index is 10.6. The van der Waals surface area contributed by atoms with Crippen LogP contribution in [0.15, 0.2) is 66.7 Å². The van der Waals surface area contributed by atoms with Gasteiger partial charge in [0.25, 0.3) is 0 Å². The molecule has 32 heavy (non-hydrogen) atoms. The van der Waals surface area contributed by atoms with Crippen molar-refractivity contribution in [3.05, 3.63) is 66.7 Å². The zero-order valence-electron chi connectivity index (χ0n) is 18.3. The van der Waals surface area contributed by atoms with Gasteiger partial charge in [0.2, 0.25) is 0 Å². The van der Waals surface area contributed by atoms with Crippen LogP contribution >= 0.6 is 0 Å². The van der Waals surface area contributed by atoms with E-state index in [9.17, 15) is 5.11 Å². The van der Waals surface area contributed by atoms with Crippen LogP contribution < -0.4 is 14.4 Å². The highest BCUT2D eigenvalue weighted by Gasteiger charge is 2.20. The molecule has 0 amide bonds. The zero-order chi connectivity index (χ0) is 21.9. The van der Waals surface area contributed by atoms with E-state index in [-0.39, 0.29) is 6.61 Å². The molecule has 2 N–H and O–H groups in total. The fourth-order valence-electron chi connectivity index (χ4n) is 4.52. The number of benzene rings is 3. The van der Waals surface area contributed by atoms with Crippen molar-refractivity contribution >= 4 is 27.5 Å². The average Bonchev–Trinajstić information content (AvgIpc) is 3.22. The second-order valence-electron chi connectivity index (χ2n) is 8.30. The Balaban J connectivity index is 1.17. The Morgan fingerprint density at radius 1 is 0.938 bits per heavy atom. The highest BCUT2D eigenvalue weighted by molar-refractivity contribution is 6.10. The van der Waals surface area contributed by atoms with Crippen molar-refractivity contribution in [1.29, 1.82) is 0 Å². The minimum Gasteiger partial charge on any atom is -0.497 e. The summed E-state index contributed by atoms with van der Waals surface area (Å²) in [4.78, 5) is 8.10. The van der Waals surface area contributed by atoms with Crippen LogP contribution in [0.4, 0.5) is 5.69 Å². The van der Waals surface area contributed by atoms with Crippen LogP contribution in [-0.4, -0.2) is 67.5 Å². The van der Waals surface area contributed by atoms with E-state index >= 15 is 0 Å². The standard InChI is InChI=1S/C26H29N3O3/c1-31-21-7-4-6-19(16-21)29-14-12-28(13-15-29)17-20(30)18-32-25-11-5-10-24-26(25)22-8-2-3-9-23(22)27-24/h2-11,16,20,27,30H,12-15,17-18H2,1H3. The van der Waals surface area contributed by atoms with Crippen molar-refractivity contribution in [2.45, 2.75) is 6.10 Å². The fraction of sp³-hybridized carbons (Fsp3) is 0.308. The molecule has 0 radical (unpaired) electrons. The number of para-hydroxylation sites is 1. The summed E-state index contributed by atoms with van der Waals surface area (Å²) in [5.41, 5.74) is 3.32. The highest BCUT2D eigenvalue weighted by atomic mass is 16.5. The number of hydrogen-bond donors (Lipinski definition) is 2. The van der Waals surface area contributed by atoms with E-state index in [0.717, 1.165) is 59.5 Å². The van der Waals surface area contributed by atoms with Crippen molar-refractivity contribution in [2.24, 2.45) is 0 Å². The summed E-state index contributed by atoms with van der Waals surface area (Å²) in [7, 11) is 1.69. The van der Waals surface area contributed by atoms with E-state index < -0.39 is 6.10 Å². The first kappa shape index (κ1) is 20.7. The molecule has 1 unspecified atom stereocenters. The number of aromatic nitrogens is 1. The van der Waals surface area contributed by atoms with Gasteiger partial charge < -0.3 is 24.5 Å². The number of nitrogens with one attached hydrogen (secondary N) is 1. The van der Waals surface area contributed by atoms with Crippen molar-refractivity contribution in [3.63, 3.8) is 0 Å². The van der Waals surface area contributed by atoms with Gasteiger partial charge in [-0.05, 0) is 30.3 Å². The van der Waals surface area contributed by atoms with Crippen LogP contribution in [0.1, 0.15) is 0 Å². The minimum atomic E-state index is -0.543. The maximum absolute atomic E-state index is 10.6. The van der Waals surface area contributed by atoms with Crippen LogP contribution in [-0.2, 0) is 0 Å². The third kappa shape index (κ3) is 4.24. The molecule has 1 saturated heterocycles. The topological polar surface area (TPSA) is 61.0 Å². The van der Waals surface area contributed by atoms with Gasteiger partial charge in [0.15, 0.2) is 0 Å². The van der Waals surface area contributed by atoms with Gasteiger partial charge >= 0.3 is 0 Å². The molecule has 0 spiro atoms. The quantitative estimate of drug-likeness (QED) is 0.465. The summed E-state index contributed by atoms with van der Waals surface area (Å²) >= 11 is 0. The van der Waals surface area contributed by atoms with Crippen LogP contribution in [0, 0.1) is 0 Å². The number of aliphatic hydroxyl groups is 1. The molecule has 6 nitrogen and oxygen atoms in total. The smallest absolute Gasteiger partial charge is 0.129 e. The number of nitrogens with zero attached hydrogens (tertiary/aromatic N) is 2. The van der Waals surface area contributed by atoms with E-state index in [0.29, 0.717) is 6.54 Å². The summed E-state index contributed by atoms with van der Waals surface area (Å²) < 4.78 is 11.4. The van der Waals surface area contributed by atoms with Gasteiger partial charge in [-0.15, -0.1) is 0 Å². The molecule has 5 rings (SSSR count).